The second-order valence-electron chi connectivity index (χ2n) is 7.16. The van der Waals surface area contributed by atoms with Gasteiger partial charge in [0, 0.05) is 43.1 Å². The monoisotopic (exact) mass is 405 g/mol. The van der Waals surface area contributed by atoms with E-state index in [9.17, 15) is 9.18 Å². The molecular formula is C24H24FN3O2. The molecule has 3 aromatic rings. The molecule has 6 heteroatoms. The quantitative estimate of drug-likeness (QED) is 0.683. The number of hydrogen-bond acceptors (Lipinski definition) is 4. The minimum absolute atomic E-state index is 0.290. The minimum Gasteiger partial charge on any atom is -0.497 e. The highest BCUT2D eigenvalue weighted by molar-refractivity contribution is 6.04. The van der Waals surface area contributed by atoms with Gasteiger partial charge in [-0.1, -0.05) is 18.2 Å². The fourth-order valence-electron chi connectivity index (χ4n) is 3.63. The van der Waals surface area contributed by atoms with Crippen LogP contribution in [0.3, 0.4) is 0 Å². The van der Waals surface area contributed by atoms with Crippen LogP contribution >= 0.6 is 0 Å². The Labute approximate surface area is 175 Å². The van der Waals surface area contributed by atoms with Gasteiger partial charge in [0.05, 0.1) is 12.8 Å². The molecule has 0 bridgehead atoms. The van der Waals surface area contributed by atoms with E-state index in [2.05, 4.69) is 22.3 Å². The predicted octanol–water partition coefficient (Wildman–Crippen LogP) is 4.41. The standard InChI is InChI=1S/C24H24FN3O2/c1-30-21-10-7-18(8-11-21)24(29)26-19-9-12-23(22(25)17-19)28-15-13-27(14-16-28)20-5-3-2-4-6-20/h2-12,17H,13-16H2,1H3,(H,26,29). The second kappa shape index (κ2) is 8.86. The van der Waals surface area contributed by atoms with Crippen molar-refractivity contribution in [3.05, 3.63) is 84.2 Å². The van der Waals surface area contributed by atoms with Crippen molar-refractivity contribution in [1.29, 1.82) is 0 Å². The maximum absolute atomic E-state index is 14.8. The lowest BCUT2D eigenvalue weighted by atomic mass is 10.1. The van der Waals surface area contributed by atoms with Crippen molar-refractivity contribution in [2.24, 2.45) is 0 Å². The minimum atomic E-state index is -0.337. The number of methoxy groups -OCH3 is 1. The number of ether oxygens (including phenoxy) is 1. The summed E-state index contributed by atoms with van der Waals surface area (Å²) in [5.41, 5.74) is 2.66. The fraction of sp³-hybridized carbons (Fsp3) is 0.208. The topological polar surface area (TPSA) is 44.8 Å². The van der Waals surface area contributed by atoms with Crippen molar-refractivity contribution in [1.82, 2.24) is 0 Å². The second-order valence-corrected chi connectivity index (χ2v) is 7.16. The Kier molecular flexibility index (Phi) is 5.84. The highest BCUT2D eigenvalue weighted by Gasteiger charge is 2.20. The van der Waals surface area contributed by atoms with Gasteiger partial charge in [-0.3, -0.25) is 4.79 Å². The summed E-state index contributed by atoms with van der Waals surface area (Å²) in [7, 11) is 1.57. The van der Waals surface area contributed by atoms with Crippen molar-refractivity contribution in [3.63, 3.8) is 0 Å². The summed E-state index contributed by atoms with van der Waals surface area (Å²) in [6.45, 7) is 3.14. The average Bonchev–Trinajstić information content (AvgIpc) is 2.80. The molecule has 4 rings (SSSR count). The SMILES string of the molecule is COc1ccc(C(=O)Nc2ccc(N3CCN(c4ccccc4)CC3)c(F)c2)cc1. The van der Waals surface area contributed by atoms with E-state index in [0.717, 1.165) is 26.2 Å². The molecule has 3 aromatic carbocycles. The number of piperazine rings is 1. The number of benzene rings is 3. The van der Waals surface area contributed by atoms with Gasteiger partial charge in [0.1, 0.15) is 11.6 Å². The lowest BCUT2D eigenvalue weighted by molar-refractivity contribution is 0.102. The molecule has 0 atom stereocenters. The summed E-state index contributed by atoms with van der Waals surface area (Å²) in [6, 6.07) is 21.9. The van der Waals surface area contributed by atoms with Gasteiger partial charge in [0.2, 0.25) is 0 Å². The summed E-state index contributed by atoms with van der Waals surface area (Å²) < 4.78 is 19.9. The van der Waals surface area contributed by atoms with Crippen molar-refractivity contribution in [2.45, 2.75) is 0 Å². The van der Waals surface area contributed by atoms with Crippen molar-refractivity contribution in [2.75, 3.05) is 48.4 Å². The van der Waals surface area contributed by atoms with E-state index >= 15 is 0 Å². The van der Waals surface area contributed by atoms with Gasteiger partial charge >= 0.3 is 0 Å². The number of rotatable bonds is 5. The number of carbonyl (C=O) groups excluding carboxylic acids is 1. The molecule has 1 aliphatic rings. The van der Waals surface area contributed by atoms with E-state index in [1.165, 1.54) is 11.8 Å². The fourth-order valence-corrected chi connectivity index (χ4v) is 3.63. The molecule has 0 unspecified atom stereocenters. The Hall–Kier alpha value is -3.54. The summed E-state index contributed by atoms with van der Waals surface area (Å²) in [5.74, 6) is 0.0475. The van der Waals surface area contributed by atoms with Crippen LogP contribution in [0.5, 0.6) is 5.75 Å². The summed E-state index contributed by atoms with van der Waals surface area (Å²) in [6.07, 6.45) is 0. The third-order valence-corrected chi connectivity index (χ3v) is 5.30. The predicted molar refractivity (Wildman–Crippen MR) is 118 cm³/mol. The smallest absolute Gasteiger partial charge is 0.255 e. The van der Waals surface area contributed by atoms with Crippen molar-refractivity contribution < 1.29 is 13.9 Å². The molecule has 1 saturated heterocycles. The summed E-state index contributed by atoms with van der Waals surface area (Å²) in [4.78, 5) is 16.7. The largest absolute Gasteiger partial charge is 0.497 e. The molecule has 5 nitrogen and oxygen atoms in total. The highest BCUT2D eigenvalue weighted by atomic mass is 19.1. The lowest BCUT2D eigenvalue weighted by Crippen LogP contribution is -2.46. The normalized spacial score (nSPS) is 13.8. The van der Waals surface area contributed by atoms with Gasteiger partial charge < -0.3 is 19.9 Å². The molecule has 30 heavy (non-hydrogen) atoms. The summed E-state index contributed by atoms with van der Waals surface area (Å²) in [5, 5.41) is 2.75. The number of para-hydroxylation sites is 1. The first-order valence-electron chi connectivity index (χ1n) is 9.94. The van der Waals surface area contributed by atoms with Crippen LogP contribution in [0.25, 0.3) is 0 Å². The molecule has 0 aliphatic carbocycles. The van der Waals surface area contributed by atoms with Gasteiger partial charge in [-0.2, -0.15) is 0 Å². The van der Waals surface area contributed by atoms with Crippen LogP contribution in [-0.2, 0) is 0 Å². The maximum atomic E-state index is 14.8. The number of nitrogens with zero attached hydrogens (tertiary/aromatic N) is 2. The Morgan fingerprint density at radius 2 is 1.57 bits per heavy atom. The maximum Gasteiger partial charge on any atom is 0.255 e. The number of halogens is 1. The Morgan fingerprint density at radius 3 is 2.20 bits per heavy atom. The van der Waals surface area contributed by atoms with Crippen LogP contribution in [0.2, 0.25) is 0 Å². The molecule has 1 aliphatic heterocycles. The van der Waals surface area contributed by atoms with Gasteiger partial charge in [0.15, 0.2) is 0 Å². The molecule has 154 valence electrons. The molecule has 1 heterocycles. The number of anilines is 3. The first-order chi connectivity index (χ1) is 14.6. The third-order valence-electron chi connectivity index (χ3n) is 5.30. The molecule has 1 fully saturated rings. The molecule has 0 saturated carbocycles. The van der Waals surface area contributed by atoms with E-state index in [4.69, 9.17) is 4.74 Å². The van der Waals surface area contributed by atoms with Crippen molar-refractivity contribution in [3.8, 4) is 5.75 Å². The van der Waals surface area contributed by atoms with Crippen LogP contribution in [0.1, 0.15) is 10.4 Å². The molecule has 0 radical (unpaired) electrons. The molecule has 1 N–H and O–H groups in total. The van der Waals surface area contributed by atoms with E-state index in [0.29, 0.717) is 22.7 Å². The van der Waals surface area contributed by atoms with Gasteiger partial charge in [-0.25, -0.2) is 4.39 Å². The van der Waals surface area contributed by atoms with E-state index in [-0.39, 0.29) is 11.7 Å². The van der Waals surface area contributed by atoms with E-state index in [1.807, 2.05) is 23.1 Å². The number of nitrogens with one attached hydrogen (secondary N) is 1. The van der Waals surface area contributed by atoms with E-state index in [1.54, 1.807) is 43.5 Å². The Bertz CT molecular complexity index is 1000. The average molecular weight is 405 g/mol. The molecule has 0 aromatic heterocycles. The highest BCUT2D eigenvalue weighted by Crippen LogP contribution is 2.26. The van der Waals surface area contributed by atoms with Crippen LogP contribution in [0.4, 0.5) is 21.5 Å². The zero-order chi connectivity index (χ0) is 20.9. The zero-order valence-corrected chi connectivity index (χ0v) is 16.8. The molecular weight excluding hydrogens is 381 g/mol. The van der Waals surface area contributed by atoms with Crippen LogP contribution < -0.4 is 19.9 Å². The molecule has 1 amide bonds. The third kappa shape index (κ3) is 4.38. The van der Waals surface area contributed by atoms with Crippen molar-refractivity contribution >= 4 is 23.0 Å². The molecule has 0 spiro atoms. The van der Waals surface area contributed by atoms with Crippen LogP contribution in [0, 0.1) is 5.82 Å². The van der Waals surface area contributed by atoms with E-state index < -0.39 is 0 Å². The van der Waals surface area contributed by atoms with Gasteiger partial charge in [-0.15, -0.1) is 0 Å². The number of amides is 1. The summed E-state index contributed by atoms with van der Waals surface area (Å²) >= 11 is 0. The lowest BCUT2D eigenvalue weighted by Gasteiger charge is -2.37. The first kappa shape index (κ1) is 19.8. The van der Waals surface area contributed by atoms with Crippen LogP contribution in [-0.4, -0.2) is 39.2 Å². The van der Waals surface area contributed by atoms with Gasteiger partial charge in [0.25, 0.3) is 5.91 Å². The number of carbonyl (C=O) groups is 1. The zero-order valence-electron chi connectivity index (χ0n) is 16.8. The number of hydrogen-bond donors (Lipinski definition) is 1. The Morgan fingerprint density at radius 1 is 0.900 bits per heavy atom. The van der Waals surface area contributed by atoms with Gasteiger partial charge in [-0.05, 0) is 54.6 Å². The first-order valence-corrected chi connectivity index (χ1v) is 9.94. The van der Waals surface area contributed by atoms with Crippen LogP contribution in [0.15, 0.2) is 72.8 Å². The Balaban J connectivity index is 1.39.